The highest BCUT2D eigenvalue weighted by Crippen LogP contribution is 2.29. The summed E-state index contributed by atoms with van der Waals surface area (Å²) in [6.07, 6.45) is 1.38. The summed E-state index contributed by atoms with van der Waals surface area (Å²) in [5.41, 5.74) is 2.52. The van der Waals surface area contributed by atoms with Gasteiger partial charge < -0.3 is 0 Å². The number of nitrogens with two attached hydrogens (primary N) is 1. The van der Waals surface area contributed by atoms with E-state index in [-0.39, 0.29) is 10.0 Å². The van der Waals surface area contributed by atoms with Crippen molar-refractivity contribution in [3.05, 3.63) is 62.8 Å². The van der Waals surface area contributed by atoms with Crippen molar-refractivity contribution in [3.63, 3.8) is 0 Å². The Morgan fingerprint density at radius 1 is 1.26 bits per heavy atom. The summed E-state index contributed by atoms with van der Waals surface area (Å²) in [4.78, 5) is 4.01. The van der Waals surface area contributed by atoms with E-state index in [1.165, 1.54) is 12.3 Å². The van der Waals surface area contributed by atoms with Crippen molar-refractivity contribution in [2.24, 2.45) is 5.84 Å². The number of hydrogen-bond acceptors (Lipinski definition) is 3. The minimum atomic E-state index is -0.908. The Hall–Kier alpha value is -1.08. The Labute approximate surface area is 121 Å². The molecule has 0 spiro atoms. The van der Waals surface area contributed by atoms with Crippen LogP contribution in [0.1, 0.15) is 17.3 Å². The fraction of sp³-hybridized carbons (Fsp3) is 0.0833. The monoisotopic (exact) mass is 347 g/mol. The van der Waals surface area contributed by atoms with Crippen molar-refractivity contribution < 1.29 is 8.78 Å². The molecule has 0 saturated carbocycles. The number of hydrazine groups is 1. The molecule has 0 aliphatic carbocycles. The molecule has 1 atom stereocenters. The first-order chi connectivity index (χ1) is 9.04. The topological polar surface area (TPSA) is 50.9 Å². The maximum Gasteiger partial charge on any atom is 0.145 e. The molecule has 2 rings (SSSR count). The van der Waals surface area contributed by atoms with E-state index in [0.717, 1.165) is 6.07 Å². The van der Waals surface area contributed by atoms with E-state index in [2.05, 4.69) is 26.3 Å². The summed E-state index contributed by atoms with van der Waals surface area (Å²) in [6.45, 7) is 0. The highest BCUT2D eigenvalue weighted by molar-refractivity contribution is 9.10. The Bertz CT molecular complexity index is 592. The normalized spacial score (nSPS) is 12.5. The number of nitrogens with zero attached hydrogens (tertiary/aromatic N) is 1. The number of nitrogens with one attached hydrogen (secondary N) is 1. The van der Waals surface area contributed by atoms with Gasteiger partial charge in [-0.05, 0) is 40.2 Å². The van der Waals surface area contributed by atoms with Crippen molar-refractivity contribution in [2.45, 2.75) is 6.04 Å². The summed E-state index contributed by atoms with van der Waals surface area (Å²) < 4.78 is 28.0. The maximum absolute atomic E-state index is 14.0. The summed E-state index contributed by atoms with van der Waals surface area (Å²) >= 11 is 8.73. The van der Waals surface area contributed by atoms with Crippen molar-refractivity contribution >= 4 is 27.5 Å². The number of halogens is 4. The molecule has 0 aliphatic heterocycles. The van der Waals surface area contributed by atoms with Crippen molar-refractivity contribution in [2.75, 3.05) is 0 Å². The molecule has 0 bridgehead atoms. The fourth-order valence-electron chi connectivity index (χ4n) is 1.68. The van der Waals surface area contributed by atoms with E-state index in [0.29, 0.717) is 10.7 Å². The second kappa shape index (κ2) is 5.92. The number of pyridine rings is 1. The van der Waals surface area contributed by atoms with Crippen LogP contribution in [0.15, 0.2) is 34.9 Å². The van der Waals surface area contributed by atoms with Crippen molar-refractivity contribution in [3.8, 4) is 0 Å². The van der Waals surface area contributed by atoms with Crippen LogP contribution in [-0.4, -0.2) is 4.98 Å². The molecule has 1 heterocycles. The minimum Gasteiger partial charge on any atom is -0.271 e. The maximum atomic E-state index is 14.0. The summed E-state index contributed by atoms with van der Waals surface area (Å²) in [6, 6.07) is 4.66. The lowest BCUT2D eigenvalue weighted by Crippen LogP contribution is -2.31. The van der Waals surface area contributed by atoms with Gasteiger partial charge in [-0.25, -0.2) is 14.2 Å². The van der Waals surface area contributed by atoms with E-state index in [9.17, 15) is 8.78 Å². The standard InChI is InChI=1S/C12H9BrClF2N3/c13-7-2-3-8(15)10(11(7)16)12(19-17)9-4-1-6(14)5-18-9/h1-5,12,19H,17H2. The Morgan fingerprint density at radius 2 is 2.00 bits per heavy atom. The van der Waals surface area contributed by atoms with Gasteiger partial charge >= 0.3 is 0 Å². The molecule has 0 radical (unpaired) electrons. The lowest BCUT2D eigenvalue weighted by atomic mass is 10.0. The zero-order valence-corrected chi connectivity index (χ0v) is 11.8. The molecule has 0 fully saturated rings. The van der Waals surface area contributed by atoms with E-state index in [1.807, 2.05) is 0 Å². The van der Waals surface area contributed by atoms with Crippen LogP contribution in [0.2, 0.25) is 5.02 Å². The minimum absolute atomic E-state index is 0.151. The van der Waals surface area contributed by atoms with Crippen LogP contribution >= 0.6 is 27.5 Å². The third kappa shape index (κ3) is 2.92. The average Bonchev–Trinajstić information content (AvgIpc) is 2.40. The van der Waals surface area contributed by atoms with Crippen LogP contribution in [0.3, 0.4) is 0 Å². The van der Waals surface area contributed by atoms with E-state index in [4.69, 9.17) is 17.4 Å². The average molecular weight is 349 g/mol. The quantitative estimate of drug-likeness (QED) is 0.508. The van der Waals surface area contributed by atoms with Gasteiger partial charge in [-0.2, -0.15) is 0 Å². The zero-order chi connectivity index (χ0) is 14.0. The Morgan fingerprint density at radius 3 is 2.58 bits per heavy atom. The molecule has 0 aliphatic rings. The van der Waals surface area contributed by atoms with Gasteiger partial charge in [-0.1, -0.05) is 11.6 Å². The highest BCUT2D eigenvalue weighted by Gasteiger charge is 2.23. The second-order valence-corrected chi connectivity index (χ2v) is 5.05. The molecule has 1 aromatic heterocycles. The van der Waals surface area contributed by atoms with Gasteiger partial charge in [0.2, 0.25) is 0 Å². The van der Waals surface area contributed by atoms with Crippen LogP contribution in [0, 0.1) is 11.6 Å². The van der Waals surface area contributed by atoms with Gasteiger partial charge in [-0.3, -0.25) is 10.8 Å². The third-order valence-corrected chi connectivity index (χ3v) is 3.42. The number of benzene rings is 1. The predicted octanol–water partition coefficient (Wildman–Crippen LogP) is 3.33. The molecule has 3 nitrogen and oxygen atoms in total. The molecule has 3 N–H and O–H groups in total. The first-order valence-corrected chi connectivity index (χ1v) is 6.42. The molecule has 1 aromatic carbocycles. The third-order valence-electron chi connectivity index (χ3n) is 2.58. The smallest absolute Gasteiger partial charge is 0.145 e. The molecule has 0 amide bonds. The van der Waals surface area contributed by atoms with Gasteiger partial charge in [0.05, 0.1) is 21.2 Å². The lowest BCUT2D eigenvalue weighted by molar-refractivity contribution is 0.502. The lowest BCUT2D eigenvalue weighted by Gasteiger charge is -2.18. The van der Waals surface area contributed by atoms with Crippen LogP contribution in [0.4, 0.5) is 8.78 Å². The molecule has 19 heavy (non-hydrogen) atoms. The highest BCUT2D eigenvalue weighted by atomic mass is 79.9. The van der Waals surface area contributed by atoms with Gasteiger partial charge in [0, 0.05) is 11.8 Å². The van der Waals surface area contributed by atoms with Crippen LogP contribution in [-0.2, 0) is 0 Å². The van der Waals surface area contributed by atoms with Crippen molar-refractivity contribution in [1.82, 2.24) is 10.4 Å². The summed E-state index contributed by atoms with van der Waals surface area (Å²) in [5.74, 6) is 3.96. The van der Waals surface area contributed by atoms with Gasteiger partial charge in [-0.15, -0.1) is 0 Å². The molecular formula is C12H9BrClF2N3. The largest absolute Gasteiger partial charge is 0.271 e. The molecule has 7 heteroatoms. The van der Waals surface area contributed by atoms with Gasteiger partial charge in [0.1, 0.15) is 11.6 Å². The molecule has 100 valence electrons. The van der Waals surface area contributed by atoms with Crippen LogP contribution < -0.4 is 11.3 Å². The van der Waals surface area contributed by atoms with Crippen LogP contribution in [0.25, 0.3) is 0 Å². The zero-order valence-electron chi connectivity index (χ0n) is 9.50. The Kier molecular flexibility index (Phi) is 4.46. The number of rotatable bonds is 3. The summed E-state index contributed by atoms with van der Waals surface area (Å²) in [7, 11) is 0. The first-order valence-electron chi connectivity index (χ1n) is 5.25. The Balaban J connectivity index is 2.54. The van der Waals surface area contributed by atoms with Crippen molar-refractivity contribution in [1.29, 1.82) is 0 Å². The number of hydrogen-bond donors (Lipinski definition) is 2. The number of aromatic nitrogens is 1. The first kappa shape index (κ1) is 14.3. The second-order valence-electron chi connectivity index (χ2n) is 3.76. The SMILES string of the molecule is NNC(c1ccc(Cl)cn1)c1c(F)ccc(Br)c1F. The fourth-order valence-corrected chi connectivity index (χ4v) is 2.14. The predicted molar refractivity (Wildman–Crippen MR) is 72.5 cm³/mol. The van der Waals surface area contributed by atoms with Gasteiger partial charge in [0.15, 0.2) is 0 Å². The molecule has 2 aromatic rings. The van der Waals surface area contributed by atoms with E-state index >= 15 is 0 Å². The van der Waals surface area contributed by atoms with Gasteiger partial charge in [0.25, 0.3) is 0 Å². The molecule has 0 saturated heterocycles. The van der Waals surface area contributed by atoms with Crippen LogP contribution in [0.5, 0.6) is 0 Å². The van der Waals surface area contributed by atoms with E-state index in [1.54, 1.807) is 12.1 Å². The molecular weight excluding hydrogens is 340 g/mol. The summed E-state index contributed by atoms with van der Waals surface area (Å²) in [5, 5.41) is 0.426. The van der Waals surface area contributed by atoms with E-state index < -0.39 is 17.7 Å². The molecule has 1 unspecified atom stereocenters.